The van der Waals surface area contributed by atoms with Crippen LogP contribution in [-0.2, 0) is 6.42 Å². The van der Waals surface area contributed by atoms with Crippen molar-refractivity contribution in [1.82, 2.24) is 0 Å². The van der Waals surface area contributed by atoms with Crippen molar-refractivity contribution in [1.29, 1.82) is 0 Å². The largest absolute Gasteiger partial charge is 0.0628 e. The lowest BCUT2D eigenvalue weighted by Gasteiger charge is -2.12. The van der Waals surface area contributed by atoms with Gasteiger partial charge in [0.05, 0.1) is 0 Å². The van der Waals surface area contributed by atoms with Gasteiger partial charge in [-0.25, -0.2) is 0 Å². The van der Waals surface area contributed by atoms with E-state index in [-0.39, 0.29) is 0 Å². The molecule has 0 radical (unpaired) electrons. The van der Waals surface area contributed by atoms with Crippen LogP contribution in [0.3, 0.4) is 0 Å². The van der Waals surface area contributed by atoms with E-state index in [2.05, 4.69) is 46.8 Å². The highest BCUT2D eigenvalue weighted by Crippen LogP contribution is 2.19. The molecule has 0 fully saturated rings. The number of aryl methyl sites for hydroxylation is 3. The minimum atomic E-state index is 0.801. The molecule has 1 aromatic carbocycles. The molecule has 0 heterocycles. The van der Waals surface area contributed by atoms with E-state index in [1.165, 1.54) is 29.5 Å². The Kier molecular flexibility index (Phi) is 3.74. The number of hydrogen-bond donors (Lipinski definition) is 0. The van der Waals surface area contributed by atoms with E-state index in [0.29, 0.717) is 0 Å². The average Bonchev–Trinajstić information content (AvgIpc) is 2.01. The van der Waals surface area contributed by atoms with E-state index < -0.39 is 0 Å². The fraction of sp³-hybridized carbons (Fsp3) is 0.571. The van der Waals surface area contributed by atoms with Gasteiger partial charge in [-0.05, 0) is 56.2 Å². The summed E-state index contributed by atoms with van der Waals surface area (Å²) in [6, 6.07) is 4.59. The molecule has 1 aromatic rings. The minimum absolute atomic E-state index is 0.801. The summed E-state index contributed by atoms with van der Waals surface area (Å²) in [7, 11) is 0. The highest BCUT2D eigenvalue weighted by atomic mass is 14.1. The zero-order chi connectivity index (χ0) is 10.7. The molecule has 14 heavy (non-hydrogen) atoms. The van der Waals surface area contributed by atoms with E-state index in [1.54, 1.807) is 5.56 Å². The summed E-state index contributed by atoms with van der Waals surface area (Å²) in [5.41, 5.74) is 5.86. The third-order valence-corrected chi connectivity index (χ3v) is 2.81. The number of benzene rings is 1. The van der Waals surface area contributed by atoms with E-state index in [9.17, 15) is 0 Å². The van der Waals surface area contributed by atoms with E-state index >= 15 is 0 Å². The standard InChI is InChI=1S/C14H22/c1-10(2)6-7-14-12(4)8-11(3)9-13(14)5/h8-10H,6-7H2,1-5H3. The van der Waals surface area contributed by atoms with E-state index in [1.807, 2.05) is 0 Å². The van der Waals surface area contributed by atoms with Crippen LogP contribution in [-0.4, -0.2) is 0 Å². The normalized spacial score (nSPS) is 11.0. The molecule has 0 N–H and O–H groups in total. The second-order valence-corrected chi connectivity index (χ2v) is 4.81. The number of hydrogen-bond acceptors (Lipinski definition) is 0. The summed E-state index contributed by atoms with van der Waals surface area (Å²) >= 11 is 0. The van der Waals surface area contributed by atoms with Crippen LogP contribution in [0.1, 0.15) is 42.5 Å². The Labute approximate surface area is 88.4 Å². The van der Waals surface area contributed by atoms with Crippen LogP contribution in [0.4, 0.5) is 0 Å². The van der Waals surface area contributed by atoms with Crippen molar-refractivity contribution in [2.45, 2.75) is 47.5 Å². The molecule has 0 atom stereocenters. The van der Waals surface area contributed by atoms with Crippen molar-refractivity contribution < 1.29 is 0 Å². The lowest BCUT2D eigenvalue weighted by molar-refractivity contribution is 0.584. The van der Waals surface area contributed by atoms with Crippen LogP contribution in [0.25, 0.3) is 0 Å². The lowest BCUT2D eigenvalue weighted by Crippen LogP contribution is -1.98. The van der Waals surface area contributed by atoms with Crippen molar-refractivity contribution in [3.63, 3.8) is 0 Å². The molecular weight excluding hydrogens is 168 g/mol. The van der Waals surface area contributed by atoms with E-state index in [4.69, 9.17) is 0 Å². The van der Waals surface area contributed by atoms with Gasteiger partial charge in [0, 0.05) is 0 Å². The first-order chi connectivity index (χ1) is 6.50. The van der Waals surface area contributed by atoms with Gasteiger partial charge in [-0.15, -0.1) is 0 Å². The molecule has 0 nitrogen and oxygen atoms in total. The molecular formula is C14H22. The van der Waals surface area contributed by atoms with Crippen LogP contribution in [0.2, 0.25) is 0 Å². The topological polar surface area (TPSA) is 0 Å². The summed E-state index contributed by atoms with van der Waals surface area (Å²) in [6.45, 7) is 11.2. The molecule has 0 amide bonds. The van der Waals surface area contributed by atoms with E-state index in [0.717, 1.165) is 5.92 Å². The molecule has 0 aliphatic carbocycles. The number of rotatable bonds is 3. The first-order valence-electron chi connectivity index (χ1n) is 5.57. The van der Waals surface area contributed by atoms with Crippen LogP contribution < -0.4 is 0 Å². The Hall–Kier alpha value is -0.780. The molecule has 0 aliphatic heterocycles. The molecule has 0 bridgehead atoms. The van der Waals surface area contributed by atoms with Gasteiger partial charge in [-0.2, -0.15) is 0 Å². The van der Waals surface area contributed by atoms with Gasteiger partial charge in [-0.1, -0.05) is 31.5 Å². The molecule has 0 spiro atoms. The summed E-state index contributed by atoms with van der Waals surface area (Å²) in [4.78, 5) is 0. The van der Waals surface area contributed by atoms with Crippen LogP contribution in [0.15, 0.2) is 12.1 Å². The van der Waals surface area contributed by atoms with Crippen molar-refractivity contribution >= 4 is 0 Å². The second-order valence-electron chi connectivity index (χ2n) is 4.81. The third kappa shape index (κ3) is 2.87. The van der Waals surface area contributed by atoms with Gasteiger partial charge < -0.3 is 0 Å². The fourth-order valence-electron chi connectivity index (χ4n) is 2.04. The predicted octanol–water partition coefficient (Wildman–Crippen LogP) is 4.20. The lowest BCUT2D eigenvalue weighted by atomic mass is 9.94. The highest BCUT2D eigenvalue weighted by molar-refractivity contribution is 5.37. The Morgan fingerprint density at radius 2 is 1.50 bits per heavy atom. The van der Waals surface area contributed by atoms with Crippen molar-refractivity contribution in [3.05, 3.63) is 34.4 Å². The molecule has 0 unspecified atom stereocenters. The molecule has 0 saturated carbocycles. The Bertz CT molecular complexity index is 285. The maximum absolute atomic E-state index is 2.29. The highest BCUT2D eigenvalue weighted by Gasteiger charge is 2.04. The van der Waals surface area contributed by atoms with Crippen LogP contribution >= 0.6 is 0 Å². The second kappa shape index (κ2) is 4.63. The SMILES string of the molecule is Cc1cc(C)c(CCC(C)C)c(C)c1. The Morgan fingerprint density at radius 3 is 1.93 bits per heavy atom. The molecule has 1 rings (SSSR count). The van der Waals surface area contributed by atoms with Gasteiger partial charge in [0.25, 0.3) is 0 Å². The third-order valence-electron chi connectivity index (χ3n) is 2.81. The summed E-state index contributed by atoms with van der Waals surface area (Å²) in [5.74, 6) is 0.801. The van der Waals surface area contributed by atoms with Crippen molar-refractivity contribution in [2.75, 3.05) is 0 Å². The Balaban J connectivity index is 2.86. The molecule has 78 valence electrons. The molecule has 0 heteroatoms. The summed E-state index contributed by atoms with van der Waals surface area (Å²) in [6.07, 6.45) is 2.53. The summed E-state index contributed by atoms with van der Waals surface area (Å²) in [5, 5.41) is 0. The maximum Gasteiger partial charge on any atom is -0.0271 e. The van der Waals surface area contributed by atoms with Crippen LogP contribution in [0.5, 0.6) is 0 Å². The minimum Gasteiger partial charge on any atom is -0.0628 e. The maximum atomic E-state index is 2.29. The molecule has 0 aromatic heterocycles. The summed E-state index contributed by atoms with van der Waals surface area (Å²) < 4.78 is 0. The molecule has 0 saturated heterocycles. The predicted molar refractivity (Wildman–Crippen MR) is 63.8 cm³/mol. The van der Waals surface area contributed by atoms with Gasteiger partial charge in [0.1, 0.15) is 0 Å². The van der Waals surface area contributed by atoms with Gasteiger partial charge in [0.2, 0.25) is 0 Å². The monoisotopic (exact) mass is 190 g/mol. The van der Waals surface area contributed by atoms with Gasteiger partial charge in [-0.3, -0.25) is 0 Å². The zero-order valence-corrected chi connectivity index (χ0v) is 10.1. The fourth-order valence-corrected chi connectivity index (χ4v) is 2.04. The quantitative estimate of drug-likeness (QED) is 0.670. The first-order valence-corrected chi connectivity index (χ1v) is 5.57. The Morgan fingerprint density at radius 1 is 1.00 bits per heavy atom. The van der Waals surface area contributed by atoms with Crippen molar-refractivity contribution in [2.24, 2.45) is 5.92 Å². The smallest absolute Gasteiger partial charge is 0.0271 e. The molecule has 0 aliphatic rings. The van der Waals surface area contributed by atoms with Gasteiger partial charge >= 0.3 is 0 Å². The average molecular weight is 190 g/mol. The van der Waals surface area contributed by atoms with Crippen molar-refractivity contribution in [3.8, 4) is 0 Å². The first kappa shape index (κ1) is 11.3. The van der Waals surface area contributed by atoms with Gasteiger partial charge in [0.15, 0.2) is 0 Å². The van der Waals surface area contributed by atoms with Crippen LogP contribution in [0, 0.1) is 26.7 Å². The zero-order valence-electron chi connectivity index (χ0n) is 10.1.